The van der Waals surface area contributed by atoms with Gasteiger partial charge in [0, 0.05) is 17.7 Å². The minimum atomic E-state index is -4.71. The third-order valence-electron chi connectivity index (χ3n) is 6.63. The molecule has 2 aromatic rings. The number of carbonyl (C=O) groups is 1. The molecule has 1 aliphatic heterocycles. The summed E-state index contributed by atoms with van der Waals surface area (Å²) in [6, 6.07) is 10.2. The molecule has 0 aliphatic carbocycles. The van der Waals surface area contributed by atoms with Crippen LogP contribution in [0.1, 0.15) is 51.3 Å². The second-order valence-electron chi connectivity index (χ2n) is 10.4. The van der Waals surface area contributed by atoms with Crippen LogP contribution in [0.4, 0.5) is 24.5 Å². The zero-order valence-corrected chi connectivity index (χ0v) is 21.6. The molecule has 2 unspecified atom stereocenters. The highest BCUT2D eigenvalue weighted by atomic mass is 28.4. The van der Waals surface area contributed by atoms with Crippen LogP contribution in [0.5, 0.6) is 5.75 Å². The van der Waals surface area contributed by atoms with E-state index in [2.05, 4.69) is 54.3 Å². The highest BCUT2D eigenvalue weighted by Gasteiger charge is 2.44. The monoisotopic (exact) mass is 502 g/mol. The summed E-state index contributed by atoms with van der Waals surface area (Å²) in [5.74, 6) is 0.132. The molecule has 0 fully saturated rings. The second-order valence-corrected chi connectivity index (χ2v) is 15.1. The van der Waals surface area contributed by atoms with Crippen molar-refractivity contribution in [3.8, 4) is 5.75 Å². The number of nitrogens with one attached hydrogen (secondary N) is 1. The van der Waals surface area contributed by atoms with Gasteiger partial charge in [-0.2, -0.15) is 23.4 Å². The van der Waals surface area contributed by atoms with Crippen molar-refractivity contribution in [2.75, 3.05) is 5.32 Å². The average Bonchev–Trinajstić information content (AvgIpc) is 3.15. The van der Waals surface area contributed by atoms with Crippen LogP contribution in [0.3, 0.4) is 0 Å². The van der Waals surface area contributed by atoms with Crippen molar-refractivity contribution in [3.63, 3.8) is 0 Å². The molecule has 0 aromatic heterocycles. The lowest BCUT2D eigenvalue weighted by Gasteiger charge is -2.37. The van der Waals surface area contributed by atoms with Crippen LogP contribution in [-0.4, -0.2) is 19.8 Å². The van der Waals surface area contributed by atoms with E-state index in [9.17, 15) is 18.0 Å². The standard InChI is InChI=1S/C25H29F3N4O2Si/c1-23(2,3)35(6,7)34-21-11-9-8-10-17(21)20-15-24(4,32-31-20)22(33)30-16-12-13-19(29-5)18(14-16)25(26,27)28/h8-14,20H,15H2,1-4,6-7H3,(H,30,33). The SMILES string of the molecule is [C-]#[N+]c1ccc(NC(=O)C2(C)CC(c3ccccc3O[Si](C)(C)C(C)(C)C)N=N2)cc1C(F)(F)F. The van der Waals surface area contributed by atoms with Crippen molar-refractivity contribution >= 4 is 25.6 Å². The van der Waals surface area contributed by atoms with Gasteiger partial charge in [-0.3, -0.25) is 4.79 Å². The molecule has 6 nitrogen and oxygen atoms in total. The van der Waals surface area contributed by atoms with Gasteiger partial charge in [-0.15, -0.1) is 0 Å². The Morgan fingerprint density at radius 1 is 1.20 bits per heavy atom. The molecule has 0 saturated heterocycles. The van der Waals surface area contributed by atoms with Gasteiger partial charge in [0.25, 0.3) is 5.91 Å². The van der Waals surface area contributed by atoms with Gasteiger partial charge in [0.05, 0.1) is 12.1 Å². The Morgan fingerprint density at radius 2 is 1.86 bits per heavy atom. The molecular weight excluding hydrogens is 473 g/mol. The van der Waals surface area contributed by atoms with Crippen LogP contribution in [0.15, 0.2) is 52.7 Å². The lowest BCUT2D eigenvalue weighted by atomic mass is 9.91. The summed E-state index contributed by atoms with van der Waals surface area (Å²) in [5, 5.41) is 11.1. The summed E-state index contributed by atoms with van der Waals surface area (Å²) in [7, 11) is -2.13. The van der Waals surface area contributed by atoms with E-state index >= 15 is 0 Å². The molecule has 10 heteroatoms. The summed E-state index contributed by atoms with van der Waals surface area (Å²) in [6.45, 7) is 19.3. The van der Waals surface area contributed by atoms with Crippen molar-refractivity contribution in [2.45, 2.75) is 70.0 Å². The van der Waals surface area contributed by atoms with Crippen molar-refractivity contribution < 1.29 is 22.4 Å². The number of amides is 1. The van der Waals surface area contributed by atoms with Crippen LogP contribution < -0.4 is 9.74 Å². The van der Waals surface area contributed by atoms with Crippen LogP contribution in [-0.2, 0) is 11.0 Å². The first kappa shape index (κ1) is 26.4. The van der Waals surface area contributed by atoms with Crippen LogP contribution >= 0.6 is 0 Å². The maximum atomic E-state index is 13.3. The number of para-hydroxylation sites is 1. The Hall–Kier alpha value is -3.19. The third kappa shape index (κ3) is 5.56. The largest absolute Gasteiger partial charge is 0.543 e. The molecule has 35 heavy (non-hydrogen) atoms. The maximum absolute atomic E-state index is 13.3. The van der Waals surface area contributed by atoms with E-state index in [0.717, 1.165) is 17.7 Å². The van der Waals surface area contributed by atoms with Crippen molar-refractivity contribution in [3.05, 3.63) is 65.0 Å². The molecule has 2 aromatic carbocycles. The van der Waals surface area contributed by atoms with Crippen LogP contribution in [0.25, 0.3) is 4.85 Å². The Morgan fingerprint density at radius 3 is 2.46 bits per heavy atom. The molecule has 0 bridgehead atoms. The number of hydrogen-bond donors (Lipinski definition) is 1. The van der Waals surface area contributed by atoms with Gasteiger partial charge in [0.2, 0.25) is 8.32 Å². The van der Waals surface area contributed by atoms with E-state index < -0.39 is 43.2 Å². The van der Waals surface area contributed by atoms with Gasteiger partial charge >= 0.3 is 6.18 Å². The fourth-order valence-electron chi connectivity index (χ4n) is 3.45. The number of halogens is 3. The molecule has 1 heterocycles. The lowest BCUT2D eigenvalue weighted by Crippen LogP contribution is -2.44. The summed E-state index contributed by atoms with van der Waals surface area (Å²) >= 11 is 0. The van der Waals surface area contributed by atoms with E-state index in [-0.39, 0.29) is 17.1 Å². The predicted octanol–water partition coefficient (Wildman–Crippen LogP) is 7.93. The summed E-state index contributed by atoms with van der Waals surface area (Å²) in [6.07, 6.45) is -4.47. The highest BCUT2D eigenvalue weighted by molar-refractivity contribution is 6.74. The van der Waals surface area contributed by atoms with Crippen molar-refractivity contribution in [1.82, 2.24) is 0 Å². The van der Waals surface area contributed by atoms with Gasteiger partial charge in [0.1, 0.15) is 11.8 Å². The van der Waals surface area contributed by atoms with Gasteiger partial charge in [-0.05, 0) is 43.3 Å². The molecule has 0 saturated carbocycles. The zero-order chi connectivity index (χ0) is 26.2. The Bertz CT molecular complexity index is 1200. The number of azo groups is 1. The average molecular weight is 503 g/mol. The van der Waals surface area contributed by atoms with Crippen LogP contribution in [0.2, 0.25) is 18.1 Å². The maximum Gasteiger partial charge on any atom is 0.407 e. The zero-order valence-electron chi connectivity index (χ0n) is 20.6. The lowest BCUT2D eigenvalue weighted by molar-refractivity contribution is -0.136. The summed E-state index contributed by atoms with van der Waals surface area (Å²) in [5.41, 5.74) is -2.14. The van der Waals surface area contributed by atoms with Crippen molar-refractivity contribution in [1.29, 1.82) is 0 Å². The van der Waals surface area contributed by atoms with Gasteiger partial charge in [-0.1, -0.05) is 45.0 Å². The van der Waals surface area contributed by atoms with E-state index in [1.54, 1.807) is 6.92 Å². The summed E-state index contributed by atoms with van der Waals surface area (Å²) in [4.78, 5) is 16.0. The molecule has 1 aliphatic rings. The Kier molecular flexibility index (Phi) is 6.88. The molecule has 2 atom stereocenters. The molecule has 3 rings (SSSR count). The van der Waals surface area contributed by atoms with Gasteiger partial charge < -0.3 is 9.74 Å². The molecular formula is C25H29F3N4O2Si. The quantitative estimate of drug-likeness (QED) is 0.333. The third-order valence-corrected chi connectivity index (χ3v) is 11.0. The van der Waals surface area contributed by atoms with Gasteiger partial charge in [0.15, 0.2) is 11.2 Å². The topological polar surface area (TPSA) is 67.4 Å². The number of anilines is 1. The first-order chi connectivity index (χ1) is 16.1. The first-order valence-electron chi connectivity index (χ1n) is 11.2. The predicted molar refractivity (Wildman–Crippen MR) is 131 cm³/mol. The minimum absolute atomic E-state index is 0.0102. The van der Waals surface area contributed by atoms with Gasteiger partial charge in [-0.25, -0.2) is 4.85 Å². The molecule has 0 radical (unpaired) electrons. The second kappa shape index (κ2) is 9.11. The summed E-state index contributed by atoms with van der Waals surface area (Å²) < 4.78 is 46.4. The highest BCUT2D eigenvalue weighted by Crippen LogP contribution is 2.44. The smallest absolute Gasteiger partial charge is 0.407 e. The molecule has 186 valence electrons. The van der Waals surface area contributed by atoms with E-state index in [0.29, 0.717) is 5.75 Å². The number of carbonyl (C=O) groups excluding carboxylic acids is 1. The first-order valence-corrected chi connectivity index (χ1v) is 14.1. The Balaban J connectivity index is 1.81. The number of nitrogens with zero attached hydrogens (tertiary/aromatic N) is 3. The minimum Gasteiger partial charge on any atom is -0.543 e. The van der Waals surface area contributed by atoms with Crippen molar-refractivity contribution in [2.24, 2.45) is 10.2 Å². The van der Waals surface area contributed by atoms with E-state index in [1.165, 1.54) is 6.07 Å². The molecule has 0 spiro atoms. The normalized spacial score (nSPS) is 20.4. The van der Waals surface area contributed by atoms with Crippen LogP contribution in [0, 0.1) is 6.57 Å². The fourth-order valence-corrected chi connectivity index (χ4v) is 4.49. The number of alkyl halides is 3. The van der Waals surface area contributed by atoms with E-state index in [4.69, 9.17) is 11.0 Å². The number of benzene rings is 2. The fraction of sp³-hybridized carbons (Fsp3) is 0.440. The molecule has 1 N–H and O–H groups in total. The number of hydrogen-bond acceptors (Lipinski definition) is 4. The van der Waals surface area contributed by atoms with E-state index in [1.807, 2.05) is 24.3 Å². The number of rotatable bonds is 5. The Labute approximate surface area is 204 Å². The molecule has 1 amide bonds.